The van der Waals surface area contributed by atoms with Gasteiger partial charge in [0.2, 0.25) is 0 Å². The molecule has 1 unspecified atom stereocenters. The first-order valence-electron chi connectivity index (χ1n) is 7.66. The van der Waals surface area contributed by atoms with Gasteiger partial charge in [0.25, 0.3) is 0 Å². The highest BCUT2D eigenvalue weighted by Gasteiger charge is 2.26. The number of rotatable bonds is 3. The van der Waals surface area contributed by atoms with Crippen LogP contribution in [-0.4, -0.2) is 24.4 Å². The molecule has 2 N–H and O–H groups in total. The molecule has 1 heterocycles. The molecule has 1 saturated carbocycles. The quantitative estimate of drug-likeness (QED) is 0.881. The molecule has 1 atom stereocenters. The average molecular weight is 330 g/mol. The second kappa shape index (κ2) is 6.74. The minimum atomic E-state index is -0.0948. The third kappa shape index (κ3) is 3.65. The molecule has 0 amide bonds. The normalized spacial score (nSPS) is 28.8. The summed E-state index contributed by atoms with van der Waals surface area (Å²) in [6.45, 7) is 1.65. The zero-order valence-electron chi connectivity index (χ0n) is 11.9. The summed E-state index contributed by atoms with van der Waals surface area (Å²) in [5.41, 5.74) is 1.06. The molecule has 2 aliphatic rings. The highest BCUT2D eigenvalue weighted by Crippen LogP contribution is 2.40. The van der Waals surface area contributed by atoms with Gasteiger partial charge >= 0.3 is 0 Å². The van der Waals surface area contributed by atoms with Crippen LogP contribution in [0.25, 0.3) is 0 Å². The summed E-state index contributed by atoms with van der Waals surface area (Å²) < 4.78 is 5.68. The van der Waals surface area contributed by atoms with Crippen molar-refractivity contribution >= 4 is 23.2 Å². The van der Waals surface area contributed by atoms with E-state index in [2.05, 4.69) is 5.32 Å². The molecular weight excluding hydrogens is 309 g/mol. The molecular formula is C16H21Cl2NO2. The van der Waals surface area contributed by atoms with Crippen LogP contribution in [0, 0.1) is 5.92 Å². The van der Waals surface area contributed by atoms with Gasteiger partial charge in [-0.2, -0.15) is 0 Å². The van der Waals surface area contributed by atoms with Gasteiger partial charge in [-0.25, -0.2) is 0 Å². The third-order valence-electron chi connectivity index (χ3n) is 4.53. The molecule has 0 saturated heterocycles. The van der Waals surface area contributed by atoms with Crippen LogP contribution in [0.1, 0.15) is 43.7 Å². The molecule has 1 aliphatic carbocycles. The minimum absolute atomic E-state index is 0.0948. The summed E-state index contributed by atoms with van der Waals surface area (Å²) in [5.74, 6) is 1.42. The van der Waals surface area contributed by atoms with E-state index in [0.717, 1.165) is 50.0 Å². The Kier molecular flexibility index (Phi) is 4.95. The minimum Gasteiger partial charge on any atom is -0.492 e. The maximum atomic E-state index is 9.57. The molecule has 116 valence electrons. The Morgan fingerprint density at radius 2 is 1.90 bits per heavy atom. The number of nitrogens with one attached hydrogen (secondary N) is 1. The zero-order chi connectivity index (χ0) is 14.8. The summed E-state index contributed by atoms with van der Waals surface area (Å²) in [6, 6.07) is 3.92. The molecule has 1 fully saturated rings. The lowest BCUT2D eigenvalue weighted by atomic mass is 9.87. The van der Waals surface area contributed by atoms with Gasteiger partial charge in [0.05, 0.1) is 17.7 Å². The molecule has 3 rings (SSSR count). The monoisotopic (exact) mass is 329 g/mol. The maximum absolute atomic E-state index is 9.57. The van der Waals surface area contributed by atoms with E-state index in [0.29, 0.717) is 22.6 Å². The number of ether oxygens (including phenoxy) is 1. The van der Waals surface area contributed by atoms with Crippen molar-refractivity contribution in [2.24, 2.45) is 5.92 Å². The average Bonchev–Trinajstić information content (AvgIpc) is 2.47. The van der Waals surface area contributed by atoms with E-state index in [9.17, 15) is 5.11 Å². The van der Waals surface area contributed by atoms with Gasteiger partial charge in [0.1, 0.15) is 5.75 Å². The lowest BCUT2D eigenvalue weighted by Gasteiger charge is -2.31. The molecule has 21 heavy (non-hydrogen) atoms. The topological polar surface area (TPSA) is 41.5 Å². The second-order valence-corrected chi connectivity index (χ2v) is 6.92. The Bertz CT molecular complexity index is 501. The van der Waals surface area contributed by atoms with Crippen molar-refractivity contribution in [3.8, 4) is 5.75 Å². The van der Waals surface area contributed by atoms with Crippen LogP contribution < -0.4 is 10.1 Å². The lowest BCUT2D eigenvalue weighted by molar-refractivity contribution is 0.107. The van der Waals surface area contributed by atoms with Crippen molar-refractivity contribution in [3.05, 3.63) is 27.7 Å². The first-order valence-corrected chi connectivity index (χ1v) is 8.42. The van der Waals surface area contributed by atoms with Crippen LogP contribution in [0.5, 0.6) is 5.75 Å². The van der Waals surface area contributed by atoms with Gasteiger partial charge in [0.15, 0.2) is 0 Å². The SMILES string of the molecule is OC1CCC(CNC2CCOc3c(Cl)cc(Cl)cc32)CC1. The maximum Gasteiger partial charge on any atom is 0.142 e. The Morgan fingerprint density at radius 3 is 2.67 bits per heavy atom. The second-order valence-electron chi connectivity index (χ2n) is 6.08. The van der Waals surface area contributed by atoms with Crippen molar-refractivity contribution < 1.29 is 9.84 Å². The van der Waals surface area contributed by atoms with E-state index < -0.39 is 0 Å². The number of aliphatic hydroxyl groups is 1. The molecule has 3 nitrogen and oxygen atoms in total. The van der Waals surface area contributed by atoms with Crippen molar-refractivity contribution in [1.82, 2.24) is 5.32 Å². The first kappa shape index (κ1) is 15.4. The standard InChI is InChI=1S/C16H21Cl2NO2/c17-11-7-13-15(5-6-21-16(13)14(18)8-11)19-9-10-1-3-12(20)4-2-10/h7-8,10,12,15,19-20H,1-6,9H2. The largest absolute Gasteiger partial charge is 0.492 e. The van der Waals surface area contributed by atoms with Crippen molar-refractivity contribution in [2.45, 2.75) is 44.2 Å². The molecule has 1 aromatic rings. The fraction of sp³-hybridized carbons (Fsp3) is 0.625. The van der Waals surface area contributed by atoms with E-state index in [1.165, 1.54) is 0 Å². The molecule has 1 aliphatic heterocycles. The Morgan fingerprint density at radius 1 is 1.14 bits per heavy atom. The predicted octanol–water partition coefficient (Wildman–Crippen LogP) is 3.96. The highest BCUT2D eigenvalue weighted by atomic mass is 35.5. The van der Waals surface area contributed by atoms with Crippen LogP contribution in [0.2, 0.25) is 10.0 Å². The summed E-state index contributed by atoms with van der Waals surface area (Å²) in [5, 5.41) is 14.4. The van der Waals surface area contributed by atoms with Crippen molar-refractivity contribution in [3.63, 3.8) is 0 Å². The summed E-state index contributed by atoms with van der Waals surface area (Å²) >= 11 is 12.3. The number of fused-ring (bicyclic) bond motifs is 1. The van der Waals surface area contributed by atoms with Crippen LogP contribution in [0.3, 0.4) is 0 Å². The first-order chi connectivity index (χ1) is 10.1. The van der Waals surface area contributed by atoms with E-state index in [4.69, 9.17) is 27.9 Å². The zero-order valence-corrected chi connectivity index (χ0v) is 13.5. The number of halogens is 2. The van der Waals surface area contributed by atoms with Gasteiger partial charge in [0, 0.05) is 23.0 Å². The van der Waals surface area contributed by atoms with Crippen LogP contribution >= 0.6 is 23.2 Å². The van der Waals surface area contributed by atoms with Crippen molar-refractivity contribution in [2.75, 3.05) is 13.2 Å². The van der Waals surface area contributed by atoms with Crippen LogP contribution in [0.15, 0.2) is 12.1 Å². The van der Waals surface area contributed by atoms with Gasteiger partial charge in [-0.1, -0.05) is 23.2 Å². The Hall–Kier alpha value is -0.480. The number of aliphatic hydroxyl groups excluding tert-OH is 1. The molecule has 0 aromatic heterocycles. The molecule has 5 heteroatoms. The van der Waals surface area contributed by atoms with Gasteiger partial charge in [-0.3, -0.25) is 0 Å². The van der Waals surface area contributed by atoms with Crippen LogP contribution in [-0.2, 0) is 0 Å². The smallest absolute Gasteiger partial charge is 0.142 e. The summed E-state index contributed by atoms with van der Waals surface area (Å²) in [7, 11) is 0. The van der Waals surface area contributed by atoms with E-state index in [1.807, 2.05) is 6.07 Å². The highest BCUT2D eigenvalue weighted by molar-refractivity contribution is 6.35. The Balaban J connectivity index is 1.65. The predicted molar refractivity (Wildman–Crippen MR) is 85.3 cm³/mol. The lowest BCUT2D eigenvalue weighted by Crippen LogP contribution is -2.33. The fourth-order valence-electron chi connectivity index (χ4n) is 3.30. The molecule has 0 spiro atoms. The van der Waals surface area contributed by atoms with Gasteiger partial charge in [-0.05, 0) is 50.3 Å². The summed E-state index contributed by atoms with van der Waals surface area (Å²) in [6.07, 6.45) is 4.88. The fourth-order valence-corrected chi connectivity index (χ4v) is 3.86. The van der Waals surface area contributed by atoms with E-state index in [1.54, 1.807) is 6.07 Å². The van der Waals surface area contributed by atoms with Crippen molar-refractivity contribution in [1.29, 1.82) is 0 Å². The number of hydrogen-bond donors (Lipinski definition) is 2. The molecule has 1 aromatic carbocycles. The summed E-state index contributed by atoms with van der Waals surface area (Å²) in [4.78, 5) is 0. The third-order valence-corrected chi connectivity index (χ3v) is 5.03. The molecule has 0 radical (unpaired) electrons. The van der Waals surface area contributed by atoms with Gasteiger partial charge < -0.3 is 15.2 Å². The van der Waals surface area contributed by atoms with E-state index >= 15 is 0 Å². The Labute approximate surface area is 135 Å². The van der Waals surface area contributed by atoms with Crippen LogP contribution in [0.4, 0.5) is 0 Å². The number of hydrogen-bond acceptors (Lipinski definition) is 3. The molecule has 0 bridgehead atoms. The van der Waals surface area contributed by atoms with Gasteiger partial charge in [-0.15, -0.1) is 0 Å². The number of benzene rings is 1. The van der Waals surface area contributed by atoms with E-state index in [-0.39, 0.29) is 12.1 Å².